The van der Waals surface area contributed by atoms with Gasteiger partial charge in [-0.3, -0.25) is 14.9 Å². The number of aliphatic carboxylic acids is 1. The number of benzene rings is 2. The van der Waals surface area contributed by atoms with Gasteiger partial charge in [0, 0.05) is 12.8 Å². The lowest BCUT2D eigenvalue weighted by atomic mass is 9.92. The van der Waals surface area contributed by atoms with Crippen LogP contribution >= 0.6 is 0 Å². The summed E-state index contributed by atoms with van der Waals surface area (Å²) in [6.07, 6.45) is -2.25. The fourth-order valence-corrected chi connectivity index (χ4v) is 3.63. The summed E-state index contributed by atoms with van der Waals surface area (Å²) in [5.74, 6) is -1.67. The molecule has 2 rings (SSSR count). The maximum atomic E-state index is 13.0. The molecule has 0 fully saturated rings. The van der Waals surface area contributed by atoms with E-state index in [2.05, 4.69) is 24.2 Å². The average molecular weight is 568 g/mol. The number of aliphatic imine (C=N–C) groups is 1. The second-order valence-electron chi connectivity index (χ2n) is 8.79. The van der Waals surface area contributed by atoms with Gasteiger partial charge < -0.3 is 20.3 Å². The first-order valence-electron chi connectivity index (χ1n) is 12.5. The Morgan fingerprint density at radius 1 is 0.975 bits per heavy atom. The third-order valence-corrected chi connectivity index (χ3v) is 5.91. The van der Waals surface area contributed by atoms with E-state index in [1.54, 1.807) is 25.3 Å². The van der Waals surface area contributed by atoms with Gasteiger partial charge in [-0.15, -0.1) is 0 Å². The van der Waals surface area contributed by atoms with Gasteiger partial charge in [0.2, 0.25) is 5.91 Å². The first-order valence-corrected chi connectivity index (χ1v) is 12.5. The monoisotopic (exact) mass is 567 g/mol. The third kappa shape index (κ3) is 12.2. The van der Waals surface area contributed by atoms with Crippen LogP contribution in [0.15, 0.2) is 53.5 Å². The Bertz CT molecular complexity index is 1140. The smallest absolute Gasteiger partial charge is 0.490 e. The molecule has 0 heterocycles. The Kier molecular flexibility index (Phi) is 14.2. The van der Waals surface area contributed by atoms with Crippen molar-refractivity contribution in [2.24, 2.45) is 16.6 Å². The summed E-state index contributed by atoms with van der Waals surface area (Å²) in [6.45, 7) is 4.17. The van der Waals surface area contributed by atoms with E-state index in [0.717, 1.165) is 24.0 Å². The quantitative estimate of drug-likeness (QED) is 0.256. The molecule has 0 aliphatic heterocycles. The van der Waals surface area contributed by atoms with Crippen molar-refractivity contribution in [1.82, 2.24) is 5.32 Å². The fraction of sp³-hybridized carbons (Fsp3) is 0.429. The number of alkyl halides is 3. The maximum Gasteiger partial charge on any atom is 0.490 e. The van der Waals surface area contributed by atoms with Crippen molar-refractivity contribution in [3.05, 3.63) is 59.7 Å². The molecule has 40 heavy (non-hydrogen) atoms. The van der Waals surface area contributed by atoms with Gasteiger partial charge in [0.25, 0.3) is 0 Å². The molecule has 12 heteroatoms. The van der Waals surface area contributed by atoms with E-state index in [9.17, 15) is 22.8 Å². The third-order valence-electron chi connectivity index (χ3n) is 5.91. The number of carboxylic acid groups (broad SMARTS) is 1. The van der Waals surface area contributed by atoms with Crippen LogP contribution in [-0.4, -0.2) is 55.2 Å². The van der Waals surface area contributed by atoms with Crippen molar-refractivity contribution < 1.29 is 42.1 Å². The van der Waals surface area contributed by atoms with Crippen LogP contribution in [0.4, 0.5) is 13.2 Å². The number of nitrogens with one attached hydrogen (secondary N) is 1. The van der Waals surface area contributed by atoms with E-state index in [0.29, 0.717) is 30.3 Å². The topological polar surface area (TPSA) is 140 Å². The normalized spacial score (nSPS) is 12.2. The number of hydrogen-bond acceptors (Lipinski definition) is 6. The summed E-state index contributed by atoms with van der Waals surface area (Å²) < 4.78 is 42.2. The van der Waals surface area contributed by atoms with Crippen LogP contribution in [-0.2, 0) is 27.2 Å². The maximum absolute atomic E-state index is 13.0. The van der Waals surface area contributed by atoms with E-state index in [1.165, 1.54) is 7.11 Å². The highest BCUT2D eigenvalue weighted by Crippen LogP contribution is 2.27. The van der Waals surface area contributed by atoms with Crippen molar-refractivity contribution in [1.29, 1.82) is 0 Å². The highest BCUT2D eigenvalue weighted by atomic mass is 19.4. The molecule has 220 valence electrons. The summed E-state index contributed by atoms with van der Waals surface area (Å²) in [4.78, 5) is 38.8. The van der Waals surface area contributed by atoms with Crippen molar-refractivity contribution >= 4 is 23.6 Å². The van der Waals surface area contributed by atoms with Crippen LogP contribution in [0.5, 0.6) is 11.5 Å². The Hall–Kier alpha value is -4.09. The SMILES string of the molecule is CCC(CC)CC(=O)[C@@H](Cc1ccccc1)N=C(N)NC(=O)Cc1ccc(OC)c(OC)c1.O=C(O)C(F)(F)F. The number of ketones is 1. The minimum absolute atomic E-state index is 0.0321. The van der Waals surface area contributed by atoms with Crippen LogP contribution in [0.25, 0.3) is 0 Å². The fourth-order valence-electron chi connectivity index (χ4n) is 3.63. The summed E-state index contributed by atoms with van der Waals surface area (Å²) in [7, 11) is 3.09. The highest BCUT2D eigenvalue weighted by molar-refractivity contribution is 5.98. The lowest BCUT2D eigenvalue weighted by Crippen LogP contribution is -2.40. The minimum Gasteiger partial charge on any atom is -0.493 e. The van der Waals surface area contributed by atoms with Crippen LogP contribution < -0.4 is 20.5 Å². The molecule has 1 atom stereocenters. The van der Waals surface area contributed by atoms with E-state index >= 15 is 0 Å². The molecule has 0 spiro atoms. The van der Waals surface area contributed by atoms with Crippen LogP contribution in [0, 0.1) is 5.92 Å². The number of amides is 1. The van der Waals surface area contributed by atoms with Gasteiger partial charge in [-0.05, 0) is 29.2 Å². The first-order chi connectivity index (χ1) is 18.8. The zero-order chi connectivity index (χ0) is 30.3. The second kappa shape index (κ2) is 16.8. The standard InChI is InChI=1S/C26H35N3O4.C2HF3O2/c1-5-18(6-2)15-22(30)21(14-19-10-8-7-9-11-19)28-26(27)29-25(31)17-20-12-13-23(32-3)24(16-20)33-4;3-2(4,5)1(6)7/h7-13,16,18,21H,5-6,14-15,17H2,1-4H3,(H3,27,28,29,31);(H,6,7)/t21-;/m1./s1. The Balaban J connectivity index is 0.00000101. The van der Waals surface area contributed by atoms with E-state index in [4.69, 9.17) is 25.1 Å². The average Bonchev–Trinajstić information content (AvgIpc) is 2.91. The van der Waals surface area contributed by atoms with E-state index in [-0.39, 0.29) is 24.1 Å². The highest BCUT2D eigenvalue weighted by Gasteiger charge is 2.38. The summed E-state index contributed by atoms with van der Waals surface area (Å²) in [5, 5.41) is 9.74. The van der Waals surface area contributed by atoms with Crippen LogP contribution in [0.3, 0.4) is 0 Å². The molecule has 0 aliphatic carbocycles. The number of nitrogens with zero attached hydrogens (tertiary/aromatic N) is 1. The van der Waals surface area contributed by atoms with E-state index < -0.39 is 18.2 Å². The number of Topliss-reactive ketones (excluding diaryl/α,β-unsaturated/α-hetero) is 1. The molecule has 0 unspecified atom stereocenters. The van der Waals surface area contributed by atoms with Crippen molar-refractivity contribution in [3.63, 3.8) is 0 Å². The van der Waals surface area contributed by atoms with Gasteiger partial charge in [-0.2, -0.15) is 13.2 Å². The number of carbonyl (C=O) groups excluding carboxylic acids is 2. The predicted molar refractivity (Wildman–Crippen MR) is 144 cm³/mol. The zero-order valence-corrected chi connectivity index (χ0v) is 23.0. The lowest BCUT2D eigenvalue weighted by molar-refractivity contribution is -0.192. The minimum atomic E-state index is -5.08. The molecular formula is C28H36F3N3O6. The predicted octanol–water partition coefficient (Wildman–Crippen LogP) is 4.32. The first kappa shape index (κ1) is 33.9. The number of ether oxygens (including phenoxy) is 2. The number of nitrogens with two attached hydrogens (primary N) is 1. The van der Waals surface area contributed by atoms with Gasteiger partial charge in [0.05, 0.1) is 20.6 Å². The molecule has 0 aromatic heterocycles. The summed E-state index contributed by atoms with van der Waals surface area (Å²) in [5.41, 5.74) is 7.77. The number of rotatable bonds is 12. The molecule has 9 nitrogen and oxygen atoms in total. The van der Waals surface area contributed by atoms with E-state index in [1.807, 2.05) is 30.3 Å². The molecule has 0 saturated heterocycles. The second-order valence-corrected chi connectivity index (χ2v) is 8.79. The molecule has 1 amide bonds. The van der Waals surface area contributed by atoms with Crippen LogP contribution in [0.2, 0.25) is 0 Å². The molecule has 0 bridgehead atoms. The van der Waals surface area contributed by atoms with Gasteiger partial charge in [-0.1, -0.05) is 63.1 Å². The van der Waals surface area contributed by atoms with Crippen molar-refractivity contribution in [3.8, 4) is 11.5 Å². The van der Waals surface area contributed by atoms with Crippen molar-refractivity contribution in [2.45, 2.75) is 58.2 Å². The molecule has 2 aromatic rings. The zero-order valence-electron chi connectivity index (χ0n) is 23.0. The molecule has 0 saturated carbocycles. The Labute approximate surface area is 231 Å². The number of hydrogen-bond donors (Lipinski definition) is 3. The number of carbonyl (C=O) groups is 3. The molecular weight excluding hydrogens is 531 g/mol. The molecule has 0 aliphatic rings. The summed E-state index contributed by atoms with van der Waals surface area (Å²) in [6, 6.07) is 14.3. The molecule has 2 aromatic carbocycles. The van der Waals surface area contributed by atoms with Gasteiger partial charge >= 0.3 is 12.1 Å². The van der Waals surface area contributed by atoms with Crippen molar-refractivity contribution in [2.75, 3.05) is 14.2 Å². The molecule has 0 radical (unpaired) electrons. The number of methoxy groups -OCH3 is 2. The summed E-state index contributed by atoms with van der Waals surface area (Å²) >= 11 is 0. The molecule has 4 N–H and O–H groups in total. The van der Waals surface area contributed by atoms with Gasteiger partial charge in [0.1, 0.15) is 6.04 Å². The van der Waals surface area contributed by atoms with Crippen LogP contribution in [0.1, 0.15) is 44.2 Å². The Morgan fingerprint density at radius 3 is 2.05 bits per heavy atom. The lowest BCUT2D eigenvalue weighted by Gasteiger charge is -2.17. The largest absolute Gasteiger partial charge is 0.493 e. The number of halogens is 3. The Morgan fingerprint density at radius 2 is 1.55 bits per heavy atom. The number of guanidine groups is 1. The van der Waals surface area contributed by atoms with Gasteiger partial charge in [0.15, 0.2) is 23.2 Å². The van der Waals surface area contributed by atoms with Gasteiger partial charge in [-0.25, -0.2) is 9.79 Å². The number of carboxylic acids is 1.